The molecule has 154 valence electrons. The molecule has 0 saturated carbocycles. The second-order valence-corrected chi connectivity index (χ2v) is 7.47. The lowest BCUT2D eigenvalue weighted by Crippen LogP contribution is -2.59. The normalized spacial score (nSPS) is 19.4. The SMILES string of the molecule is O=C1C(c2ccc(O)cc2)C(CCC(O)c2ccc(F)cc2)N1c1ccc(F)cc1. The lowest BCUT2D eigenvalue weighted by Gasteiger charge is -2.48. The van der Waals surface area contributed by atoms with E-state index in [1.54, 1.807) is 41.3 Å². The summed E-state index contributed by atoms with van der Waals surface area (Å²) in [4.78, 5) is 14.6. The van der Waals surface area contributed by atoms with Crippen LogP contribution in [-0.2, 0) is 4.79 Å². The van der Waals surface area contributed by atoms with Crippen molar-refractivity contribution in [2.45, 2.75) is 30.9 Å². The quantitative estimate of drug-likeness (QED) is 0.581. The van der Waals surface area contributed by atoms with Gasteiger partial charge in [-0.05, 0) is 72.5 Å². The maximum Gasteiger partial charge on any atom is 0.236 e. The topological polar surface area (TPSA) is 60.8 Å². The van der Waals surface area contributed by atoms with Crippen LogP contribution in [0.5, 0.6) is 5.75 Å². The van der Waals surface area contributed by atoms with E-state index in [1.807, 2.05) is 0 Å². The maximum atomic E-state index is 13.3. The Bertz CT molecular complexity index is 964. The number of carbonyl (C=O) groups excluding carboxylic acids is 1. The number of β-lactam (4-membered cyclic amide) rings is 1. The van der Waals surface area contributed by atoms with E-state index in [-0.39, 0.29) is 29.3 Å². The lowest BCUT2D eigenvalue weighted by atomic mass is 9.78. The van der Waals surface area contributed by atoms with Crippen molar-refractivity contribution >= 4 is 11.6 Å². The molecule has 3 aromatic rings. The number of anilines is 1. The molecule has 4 nitrogen and oxygen atoms in total. The molecule has 1 fully saturated rings. The number of rotatable bonds is 6. The highest BCUT2D eigenvalue weighted by Gasteiger charge is 2.48. The van der Waals surface area contributed by atoms with Crippen molar-refractivity contribution in [3.63, 3.8) is 0 Å². The van der Waals surface area contributed by atoms with E-state index in [9.17, 15) is 23.8 Å². The molecule has 1 amide bonds. The van der Waals surface area contributed by atoms with Crippen LogP contribution in [0.1, 0.15) is 36.0 Å². The molecule has 3 aromatic carbocycles. The van der Waals surface area contributed by atoms with Gasteiger partial charge in [-0.2, -0.15) is 0 Å². The minimum absolute atomic E-state index is 0.115. The first kappa shape index (κ1) is 20.0. The van der Waals surface area contributed by atoms with Gasteiger partial charge in [0, 0.05) is 5.69 Å². The van der Waals surface area contributed by atoms with Gasteiger partial charge >= 0.3 is 0 Å². The van der Waals surface area contributed by atoms with Gasteiger partial charge in [0.15, 0.2) is 0 Å². The molecular formula is C24H21F2NO3. The van der Waals surface area contributed by atoms with Gasteiger partial charge in [0.25, 0.3) is 0 Å². The summed E-state index contributed by atoms with van der Waals surface area (Å²) in [5, 5.41) is 20.1. The molecule has 0 aromatic heterocycles. The number of halogens is 2. The second kappa shape index (κ2) is 8.24. The van der Waals surface area contributed by atoms with Crippen molar-refractivity contribution in [3.8, 4) is 5.75 Å². The molecule has 0 spiro atoms. The Morgan fingerprint density at radius 2 is 1.43 bits per heavy atom. The predicted molar refractivity (Wildman–Crippen MR) is 109 cm³/mol. The van der Waals surface area contributed by atoms with Crippen molar-refractivity contribution in [1.29, 1.82) is 0 Å². The molecule has 30 heavy (non-hydrogen) atoms. The number of aliphatic hydroxyl groups excluding tert-OH is 1. The van der Waals surface area contributed by atoms with Crippen LogP contribution < -0.4 is 4.90 Å². The molecule has 3 unspecified atom stereocenters. The Balaban J connectivity index is 1.56. The summed E-state index contributed by atoms with van der Waals surface area (Å²) in [6.07, 6.45) is 0.0696. The third-order valence-corrected chi connectivity index (χ3v) is 5.57. The molecule has 1 aliphatic rings. The van der Waals surface area contributed by atoms with E-state index in [1.165, 1.54) is 36.4 Å². The summed E-state index contributed by atoms with van der Waals surface area (Å²) in [7, 11) is 0. The van der Waals surface area contributed by atoms with Crippen molar-refractivity contribution in [1.82, 2.24) is 0 Å². The van der Waals surface area contributed by atoms with Gasteiger partial charge < -0.3 is 15.1 Å². The molecule has 6 heteroatoms. The number of hydrogen-bond donors (Lipinski definition) is 2. The number of benzene rings is 3. The lowest BCUT2D eigenvalue weighted by molar-refractivity contribution is -0.126. The molecule has 0 aliphatic carbocycles. The van der Waals surface area contributed by atoms with Gasteiger partial charge in [-0.1, -0.05) is 24.3 Å². The predicted octanol–water partition coefficient (Wildman–Crippen LogP) is 4.68. The van der Waals surface area contributed by atoms with Crippen LogP contribution in [-0.4, -0.2) is 22.2 Å². The fourth-order valence-corrected chi connectivity index (χ4v) is 3.99. The highest BCUT2D eigenvalue weighted by molar-refractivity contribution is 6.06. The standard InChI is InChI=1S/C24H21F2NO3/c25-17-5-1-15(2-6-17)22(29)14-13-21-23(16-3-11-20(28)12-4-16)24(30)27(21)19-9-7-18(26)8-10-19/h1-12,21-23,28-29H,13-14H2. The van der Waals surface area contributed by atoms with Crippen LogP contribution in [0.4, 0.5) is 14.5 Å². The van der Waals surface area contributed by atoms with Gasteiger partial charge in [0.1, 0.15) is 17.4 Å². The highest BCUT2D eigenvalue weighted by Crippen LogP contribution is 2.42. The molecular weight excluding hydrogens is 388 g/mol. The Hall–Kier alpha value is -3.25. The molecule has 1 aliphatic heterocycles. The first-order valence-corrected chi connectivity index (χ1v) is 9.75. The summed E-state index contributed by atoms with van der Waals surface area (Å²) in [5.74, 6) is -1.18. The highest BCUT2D eigenvalue weighted by atomic mass is 19.1. The third kappa shape index (κ3) is 3.91. The summed E-state index contributed by atoms with van der Waals surface area (Å²) in [6, 6.07) is 17.7. The Kier molecular flexibility index (Phi) is 5.50. The largest absolute Gasteiger partial charge is 0.508 e. The van der Waals surface area contributed by atoms with Gasteiger partial charge in [0.2, 0.25) is 5.91 Å². The van der Waals surface area contributed by atoms with E-state index in [2.05, 4.69) is 0 Å². The molecule has 1 heterocycles. The number of aliphatic hydroxyl groups is 1. The van der Waals surface area contributed by atoms with Crippen molar-refractivity contribution in [3.05, 3.63) is 95.6 Å². The van der Waals surface area contributed by atoms with Gasteiger partial charge in [-0.3, -0.25) is 4.79 Å². The van der Waals surface area contributed by atoms with Crippen molar-refractivity contribution < 1.29 is 23.8 Å². The average Bonchev–Trinajstić information content (AvgIpc) is 2.74. The molecule has 2 N–H and O–H groups in total. The fourth-order valence-electron chi connectivity index (χ4n) is 3.99. The van der Waals surface area contributed by atoms with Crippen molar-refractivity contribution in [2.24, 2.45) is 0 Å². The van der Waals surface area contributed by atoms with Crippen LogP contribution in [0, 0.1) is 11.6 Å². The fraction of sp³-hybridized carbons (Fsp3) is 0.208. The summed E-state index contributed by atoms with van der Waals surface area (Å²) >= 11 is 0. The number of nitrogens with zero attached hydrogens (tertiary/aromatic N) is 1. The minimum Gasteiger partial charge on any atom is -0.508 e. The van der Waals surface area contributed by atoms with E-state index >= 15 is 0 Å². The number of aromatic hydroxyl groups is 1. The number of amides is 1. The van der Waals surface area contributed by atoms with Gasteiger partial charge in [-0.25, -0.2) is 8.78 Å². The van der Waals surface area contributed by atoms with E-state index in [0.717, 1.165) is 5.56 Å². The zero-order valence-corrected chi connectivity index (χ0v) is 16.1. The average molecular weight is 409 g/mol. The molecule has 4 rings (SSSR count). The van der Waals surface area contributed by atoms with Crippen LogP contribution in [0.25, 0.3) is 0 Å². The van der Waals surface area contributed by atoms with Crippen LogP contribution in [0.15, 0.2) is 72.8 Å². The van der Waals surface area contributed by atoms with Crippen LogP contribution in [0.2, 0.25) is 0 Å². The van der Waals surface area contributed by atoms with E-state index in [4.69, 9.17) is 0 Å². The minimum atomic E-state index is -0.795. The number of hydrogen-bond acceptors (Lipinski definition) is 3. The molecule has 0 bridgehead atoms. The van der Waals surface area contributed by atoms with Gasteiger partial charge in [0.05, 0.1) is 18.1 Å². The first-order chi connectivity index (χ1) is 14.4. The molecule has 0 radical (unpaired) electrons. The van der Waals surface area contributed by atoms with E-state index < -0.39 is 12.0 Å². The molecule has 3 atom stereocenters. The maximum absolute atomic E-state index is 13.3. The monoisotopic (exact) mass is 409 g/mol. The second-order valence-electron chi connectivity index (χ2n) is 7.47. The van der Waals surface area contributed by atoms with E-state index in [0.29, 0.717) is 24.1 Å². The zero-order valence-electron chi connectivity index (χ0n) is 16.1. The van der Waals surface area contributed by atoms with Gasteiger partial charge in [-0.15, -0.1) is 0 Å². The number of carbonyl (C=O) groups is 1. The summed E-state index contributed by atoms with van der Waals surface area (Å²) < 4.78 is 26.5. The Labute approximate surface area is 173 Å². The summed E-state index contributed by atoms with van der Waals surface area (Å²) in [5.41, 5.74) is 1.98. The Morgan fingerprint density at radius 1 is 0.867 bits per heavy atom. The zero-order chi connectivity index (χ0) is 21.3. The first-order valence-electron chi connectivity index (χ1n) is 9.75. The Morgan fingerprint density at radius 3 is 2.03 bits per heavy atom. The molecule has 1 saturated heterocycles. The van der Waals surface area contributed by atoms with Crippen LogP contribution >= 0.6 is 0 Å². The van der Waals surface area contributed by atoms with Crippen LogP contribution in [0.3, 0.4) is 0 Å². The number of phenols is 1. The third-order valence-electron chi connectivity index (χ3n) is 5.57. The number of phenolic OH excluding ortho intramolecular Hbond substituents is 1. The summed E-state index contributed by atoms with van der Waals surface area (Å²) in [6.45, 7) is 0. The van der Waals surface area contributed by atoms with Crippen molar-refractivity contribution in [2.75, 3.05) is 4.90 Å². The smallest absolute Gasteiger partial charge is 0.236 e.